The van der Waals surface area contributed by atoms with Crippen molar-refractivity contribution in [2.75, 3.05) is 13.2 Å². The van der Waals surface area contributed by atoms with Gasteiger partial charge in [0.05, 0.1) is 16.4 Å². The fraction of sp³-hybridized carbons (Fsp3) is 0.280. The van der Waals surface area contributed by atoms with Gasteiger partial charge in [0.1, 0.15) is 13.2 Å². The number of hydrogen-bond acceptors (Lipinski definition) is 10. The first-order valence-electron chi connectivity index (χ1n) is 10.6. The number of rotatable bonds is 9. The molecule has 0 N–H and O–H groups in total. The first kappa shape index (κ1) is 25.8. The molecule has 1 saturated heterocycles. The van der Waals surface area contributed by atoms with Crippen LogP contribution in [0.3, 0.4) is 0 Å². The second-order valence-corrected chi connectivity index (χ2v) is 8.63. The van der Waals surface area contributed by atoms with Crippen molar-refractivity contribution in [3.63, 3.8) is 0 Å². The lowest BCUT2D eigenvalue weighted by molar-refractivity contribution is -0.149. The molecular weight excluding hydrogens is 476 g/mol. The molecule has 0 aromatic heterocycles. The third-order valence-electron chi connectivity index (χ3n) is 4.74. The van der Waals surface area contributed by atoms with Crippen LogP contribution in [-0.2, 0) is 28.5 Å². The van der Waals surface area contributed by atoms with Crippen LogP contribution in [0.25, 0.3) is 0 Å². The maximum Gasteiger partial charge on any atom is 0.509 e. The summed E-state index contributed by atoms with van der Waals surface area (Å²) in [6.45, 7) is 4.34. The van der Waals surface area contributed by atoms with Crippen LogP contribution in [0.1, 0.15) is 27.6 Å². The molecule has 9 nitrogen and oxygen atoms in total. The molecule has 2 aromatic carbocycles. The van der Waals surface area contributed by atoms with Crippen molar-refractivity contribution >= 4 is 35.8 Å². The van der Waals surface area contributed by atoms with Crippen LogP contribution >= 0.6 is 11.8 Å². The molecule has 0 saturated carbocycles. The summed E-state index contributed by atoms with van der Waals surface area (Å²) in [6, 6.07) is 16.6. The van der Waals surface area contributed by atoms with E-state index in [0.717, 1.165) is 11.8 Å². The molecule has 10 heteroatoms. The lowest BCUT2D eigenvalue weighted by atomic mass is 10.1. The molecule has 0 amide bonds. The van der Waals surface area contributed by atoms with E-state index in [1.807, 2.05) is 0 Å². The van der Waals surface area contributed by atoms with Gasteiger partial charge in [0, 0.05) is 6.92 Å². The standard InChI is InChI=1S/C25H24O9S/c1-3-14-30-25(29)34-21-20(33-23(28)18-12-8-5-9-13-18)19(35-24(21)32-16(2)26)15-31-22(27)17-10-6-4-7-11-17/h3-13,19-21,24H,1,14-15H2,2H3/t19-,20-,21-,24?/m0/s1. The Morgan fingerprint density at radius 3 is 2.00 bits per heavy atom. The Kier molecular flexibility index (Phi) is 9.31. The van der Waals surface area contributed by atoms with Gasteiger partial charge in [0.25, 0.3) is 0 Å². The lowest BCUT2D eigenvalue weighted by Crippen LogP contribution is -2.42. The minimum atomic E-state index is -1.21. The molecule has 1 unspecified atom stereocenters. The van der Waals surface area contributed by atoms with Gasteiger partial charge >= 0.3 is 24.1 Å². The first-order valence-corrected chi connectivity index (χ1v) is 11.6. The van der Waals surface area contributed by atoms with E-state index >= 15 is 0 Å². The molecule has 184 valence electrons. The summed E-state index contributed by atoms with van der Waals surface area (Å²) < 4.78 is 26.7. The van der Waals surface area contributed by atoms with E-state index in [-0.39, 0.29) is 18.8 Å². The molecule has 0 bridgehead atoms. The van der Waals surface area contributed by atoms with Crippen LogP contribution in [0.5, 0.6) is 0 Å². The minimum absolute atomic E-state index is 0.108. The molecule has 1 fully saturated rings. The molecule has 3 rings (SSSR count). The van der Waals surface area contributed by atoms with Crippen molar-refractivity contribution in [3.05, 3.63) is 84.4 Å². The summed E-state index contributed by atoms with van der Waals surface area (Å²) in [5.41, 5.74) is -0.426. The van der Waals surface area contributed by atoms with Crippen molar-refractivity contribution in [1.82, 2.24) is 0 Å². The average molecular weight is 501 g/mol. The highest BCUT2D eigenvalue weighted by Gasteiger charge is 2.52. The Bertz CT molecular complexity index is 1040. The minimum Gasteiger partial charge on any atom is -0.461 e. The number of thioether (sulfide) groups is 1. The quantitative estimate of drug-likeness (QED) is 0.286. The Labute approximate surface area is 206 Å². The van der Waals surface area contributed by atoms with Gasteiger partial charge in [-0.2, -0.15) is 0 Å². The SMILES string of the molecule is C=CCOC(=O)O[C@@H]1C(OC(C)=O)S[C@@H](COC(=O)c2ccccc2)[C@@H]1OC(=O)c1ccccc1. The third kappa shape index (κ3) is 7.35. The molecule has 1 aliphatic heterocycles. The summed E-state index contributed by atoms with van der Waals surface area (Å²) in [7, 11) is 0. The Morgan fingerprint density at radius 2 is 1.43 bits per heavy atom. The topological polar surface area (TPSA) is 114 Å². The van der Waals surface area contributed by atoms with E-state index in [9.17, 15) is 19.2 Å². The van der Waals surface area contributed by atoms with Crippen molar-refractivity contribution in [2.45, 2.75) is 29.8 Å². The Balaban J connectivity index is 1.82. The second kappa shape index (κ2) is 12.6. The van der Waals surface area contributed by atoms with Gasteiger partial charge in [-0.15, -0.1) is 11.8 Å². The van der Waals surface area contributed by atoms with Crippen molar-refractivity contribution in [1.29, 1.82) is 0 Å². The number of ether oxygens (including phenoxy) is 5. The van der Waals surface area contributed by atoms with Crippen LogP contribution < -0.4 is 0 Å². The highest BCUT2D eigenvalue weighted by molar-refractivity contribution is 8.00. The number of benzene rings is 2. The smallest absolute Gasteiger partial charge is 0.461 e. The summed E-state index contributed by atoms with van der Waals surface area (Å²) in [4.78, 5) is 49.1. The van der Waals surface area contributed by atoms with E-state index < -0.39 is 47.0 Å². The zero-order valence-corrected chi connectivity index (χ0v) is 19.7. The highest BCUT2D eigenvalue weighted by atomic mass is 32.2. The molecule has 4 atom stereocenters. The van der Waals surface area contributed by atoms with Gasteiger partial charge in [0.15, 0.2) is 17.6 Å². The molecule has 1 aliphatic rings. The fourth-order valence-corrected chi connectivity index (χ4v) is 4.62. The monoisotopic (exact) mass is 500 g/mol. The van der Waals surface area contributed by atoms with Crippen LogP contribution in [0.15, 0.2) is 73.3 Å². The van der Waals surface area contributed by atoms with Crippen molar-refractivity contribution < 1.29 is 42.9 Å². The van der Waals surface area contributed by atoms with Gasteiger partial charge in [-0.3, -0.25) is 4.79 Å². The van der Waals surface area contributed by atoms with E-state index in [0.29, 0.717) is 5.56 Å². The molecule has 35 heavy (non-hydrogen) atoms. The number of carbonyl (C=O) groups excluding carboxylic acids is 4. The second-order valence-electron chi connectivity index (χ2n) is 7.28. The zero-order valence-electron chi connectivity index (χ0n) is 18.9. The third-order valence-corrected chi connectivity index (χ3v) is 6.13. The van der Waals surface area contributed by atoms with Crippen LogP contribution in [-0.4, -0.2) is 60.2 Å². The van der Waals surface area contributed by atoms with Gasteiger partial charge in [-0.25, -0.2) is 14.4 Å². The summed E-state index contributed by atoms with van der Waals surface area (Å²) in [6.07, 6.45) is -2.03. The zero-order chi connectivity index (χ0) is 25.2. The summed E-state index contributed by atoms with van der Waals surface area (Å²) in [5, 5.41) is -0.711. The lowest BCUT2D eigenvalue weighted by Gasteiger charge is -2.25. The van der Waals surface area contributed by atoms with Crippen LogP contribution in [0, 0.1) is 0 Å². The van der Waals surface area contributed by atoms with E-state index in [2.05, 4.69) is 6.58 Å². The maximum absolute atomic E-state index is 12.8. The van der Waals surface area contributed by atoms with Crippen LogP contribution in [0.2, 0.25) is 0 Å². The van der Waals surface area contributed by atoms with Crippen molar-refractivity contribution in [3.8, 4) is 0 Å². The van der Waals surface area contributed by atoms with Crippen molar-refractivity contribution in [2.24, 2.45) is 0 Å². The summed E-state index contributed by atoms with van der Waals surface area (Å²) >= 11 is 1.04. The normalized spacial score (nSPS) is 20.8. The molecule has 0 spiro atoms. The molecule has 0 aliphatic carbocycles. The van der Waals surface area contributed by atoms with Gasteiger partial charge in [-0.05, 0) is 24.3 Å². The Morgan fingerprint density at radius 1 is 0.829 bits per heavy atom. The first-order chi connectivity index (χ1) is 16.9. The van der Waals surface area contributed by atoms with Crippen LogP contribution in [0.4, 0.5) is 4.79 Å². The number of hydrogen-bond donors (Lipinski definition) is 0. The van der Waals surface area contributed by atoms with E-state index in [4.69, 9.17) is 23.7 Å². The molecule has 0 radical (unpaired) electrons. The molecule has 2 aromatic rings. The predicted octanol–water partition coefficient (Wildman–Crippen LogP) is 3.78. The Hall–Kier alpha value is -3.79. The number of esters is 3. The largest absolute Gasteiger partial charge is 0.509 e. The van der Waals surface area contributed by atoms with Gasteiger partial charge in [0.2, 0.25) is 0 Å². The summed E-state index contributed by atoms with van der Waals surface area (Å²) in [5.74, 6) is -1.91. The van der Waals surface area contributed by atoms with E-state index in [1.165, 1.54) is 13.0 Å². The van der Waals surface area contributed by atoms with Gasteiger partial charge < -0.3 is 23.7 Å². The number of carbonyl (C=O) groups is 4. The average Bonchev–Trinajstić information content (AvgIpc) is 3.16. The maximum atomic E-state index is 12.8. The molecule has 1 heterocycles. The molecular formula is C25H24O9S. The highest BCUT2D eigenvalue weighted by Crippen LogP contribution is 2.40. The van der Waals surface area contributed by atoms with Gasteiger partial charge in [-0.1, -0.05) is 49.1 Å². The fourth-order valence-electron chi connectivity index (χ4n) is 3.21. The predicted molar refractivity (Wildman–Crippen MR) is 126 cm³/mol. The van der Waals surface area contributed by atoms with E-state index in [1.54, 1.807) is 60.7 Å².